The Labute approximate surface area is 395 Å². The highest BCUT2D eigenvalue weighted by atomic mass is 16.7. The summed E-state index contributed by atoms with van der Waals surface area (Å²) in [6, 6.07) is 0. The summed E-state index contributed by atoms with van der Waals surface area (Å²) in [6.07, 6.45) is 23.5. The van der Waals surface area contributed by atoms with Crippen LogP contribution < -0.4 is 0 Å². The fourth-order valence-electron chi connectivity index (χ4n) is 9.52. The van der Waals surface area contributed by atoms with Gasteiger partial charge in [-0.1, -0.05) is 52.0 Å². The number of unbranched alkanes of at least 4 members (excludes halogenated alkanes) is 4. The van der Waals surface area contributed by atoms with Crippen LogP contribution in [0.5, 0.6) is 0 Å². The van der Waals surface area contributed by atoms with Crippen LogP contribution in [-0.2, 0) is 57.1 Å². The molecule has 0 aromatic rings. The summed E-state index contributed by atoms with van der Waals surface area (Å²) < 4.78 is 39.1. The van der Waals surface area contributed by atoms with Crippen molar-refractivity contribution in [3.63, 3.8) is 0 Å². The molecule has 66 heavy (non-hydrogen) atoms. The molecule has 0 saturated heterocycles. The fraction of sp³-hybridized carbons (Fsp3) is 0.808. The SMILES string of the molecule is CC/C=C\CCCCOC(=O)CCCC(=O)OCC(COC(=O)CCCC(=O)OCCCC/C=C\CC)(COC(=O)CC12CCC(CC3CC(C3)C1)C2)COC(=O)OCCCN(CC)CC. The first-order valence-corrected chi connectivity index (χ1v) is 25.5. The molecular weight excluding hydrogens is 847 g/mol. The van der Waals surface area contributed by atoms with Gasteiger partial charge >= 0.3 is 36.0 Å². The van der Waals surface area contributed by atoms with Gasteiger partial charge in [0.05, 0.1) is 26.2 Å². The van der Waals surface area contributed by atoms with Gasteiger partial charge in [-0.2, -0.15) is 0 Å². The maximum absolute atomic E-state index is 13.8. The molecule has 0 N–H and O–H groups in total. The van der Waals surface area contributed by atoms with E-state index in [2.05, 4.69) is 56.9 Å². The monoisotopic (exact) mass is 932 g/mol. The van der Waals surface area contributed by atoms with Crippen LogP contribution in [0, 0.1) is 28.6 Å². The average Bonchev–Trinajstić information content (AvgIpc) is 3.72. The summed E-state index contributed by atoms with van der Waals surface area (Å²) in [4.78, 5) is 80.1. The molecule has 376 valence electrons. The highest BCUT2D eigenvalue weighted by Gasteiger charge is 2.49. The van der Waals surface area contributed by atoms with Gasteiger partial charge < -0.3 is 38.1 Å². The summed E-state index contributed by atoms with van der Waals surface area (Å²) in [5, 5.41) is 0. The minimum atomic E-state index is -1.49. The number of allylic oxidation sites excluding steroid dienone is 4. The van der Waals surface area contributed by atoms with E-state index >= 15 is 0 Å². The van der Waals surface area contributed by atoms with E-state index in [4.69, 9.17) is 33.2 Å². The van der Waals surface area contributed by atoms with Gasteiger partial charge in [-0.05, 0) is 152 Å². The lowest BCUT2D eigenvalue weighted by atomic mass is 9.61. The van der Waals surface area contributed by atoms with Crippen molar-refractivity contribution >= 4 is 36.0 Å². The Morgan fingerprint density at radius 1 is 0.515 bits per heavy atom. The van der Waals surface area contributed by atoms with E-state index in [9.17, 15) is 28.8 Å². The van der Waals surface area contributed by atoms with E-state index < -0.39 is 61.2 Å². The summed E-state index contributed by atoms with van der Waals surface area (Å²) in [6.45, 7) is 9.82. The number of carbonyl (C=O) groups excluding carboxylic acids is 6. The van der Waals surface area contributed by atoms with E-state index in [1.807, 2.05) is 0 Å². The van der Waals surface area contributed by atoms with E-state index in [0.717, 1.165) is 103 Å². The zero-order valence-corrected chi connectivity index (χ0v) is 41.1. The highest BCUT2D eigenvalue weighted by Crippen LogP contribution is 2.58. The van der Waals surface area contributed by atoms with Gasteiger partial charge in [0, 0.05) is 32.2 Å². The normalized spacial score (nSPS) is 20.0. The molecule has 0 spiro atoms. The number of ether oxygens (including phenoxy) is 7. The molecular formula is C52H85NO13. The largest absolute Gasteiger partial charge is 0.508 e. The van der Waals surface area contributed by atoms with Gasteiger partial charge in [-0.25, -0.2) is 4.79 Å². The van der Waals surface area contributed by atoms with Crippen molar-refractivity contribution in [3.8, 4) is 0 Å². The number of esters is 5. The molecule has 2 unspecified atom stereocenters. The molecule has 14 nitrogen and oxygen atoms in total. The third-order valence-corrected chi connectivity index (χ3v) is 13.3. The van der Waals surface area contributed by atoms with Crippen molar-refractivity contribution in [2.45, 2.75) is 175 Å². The maximum atomic E-state index is 13.8. The van der Waals surface area contributed by atoms with Crippen molar-refractivity contribution < 1.29 is 61.9 Å². The third-order valence-electron chi connectivity index (χ3n) is 13.3. The minimum absolute atomic E-state index is 0.0305. The summed E-state index contributed by atoms with van der Waals surface area (Å²) in [5.41, 5.74) is -1.61. The predicted molar refractivity (Wildman–Crippen MR) is 251 cm³/mol. The van der Waals surface area contributed by atoms with Gasteiger partial charge in [-0.3, -0.25) is 24.0 Å². The number of carbonyl (C=O) groups is 6. The summed E-state index contributed by atoms with van der Waals surface area (Å²) in [5.74, 6) is -0.409. The van der Waals surface area contributed by atoms with Crippen molar-refractivity contribution in [1.82, 2.24) is 4.90 Å². The quantitative estimate of drug-likeness (QED) is 0.0252. The van der Waals surface area contributed by atoms with Crippen LogP contribution in [0.3, 0.4) is 0 Å². The van der Waals surface area contributed by atoms with E-state index in [1.165, 1.54) is 19.3 Å². The zero-order chi connectivity index (χ0) is 47.9. The van der Waals surface area contributed by atoms with Crippen LogP contribution in [0.25, 0.3) is 0 Å². The standard InChI is InChI=1S/C52H85NO13/c1-5-9-11-13-15-17-29-60-45(54)22-19-24-47(56)63-38-52(41-66-50(59)62-31-21-28-53(7-3)8-4,39-64-48(57)25-20-23-46(55)61-30-18-16-14-12-10-6-2)40-65-49(58)37-51-27-26-42(35-51)32-43-33-44(34-43)36-51/h9-12,42-44H,5-8,13-41H2,1-4H3/b11-9-,12-10-. The molecule has 4 saturated carbocycles. The maximum Gasteiger partial charge on any atom is 0.508 e. The molecule has 4 aliphatic rings. The Kier molecular flexibility index (Phi) is 27.9. The predicted octanol–water partition coefficient (Wildman–Crippen LogP) is 10.2. The minimum Gasteiger partial charge on any atom is -0.466 e. The molecule has 0 heterocycles. The first-order valence-electron chi connectivity index (χ1n) is 25.5. The second kappa shape index (κ2) is 32.7. The first kappa shape index (κ1) is 56.4. The summed E-state index contributed by atoms with van der Waals surface area (Å²) in [7, 11) is 0. The molecule has 4 rings (SSSR count). The molecule has 4 fully saturated rings. The number of hydrogen-bond acceptors (Lipinski definition) is 14. The lowest BCUT2D eigenvalue weighted by Crippen LogP contribution is -2.44. The van der Waals surface area contributed by atoms with Gasteiger partial charge in [0.1, 0.15) is 31.8 Å². The topological polar surface area (TPSA) is 170 Å². The van der Waals surface area contributed by atoms with E-state index in [-0.39, 0.29) is 63.6 Å². The van der Waals surface area contributed by atoms with Gasteiger partial charge in [0.2, 0.25) is 0 Å². The van der Waals surface area contributed by atoms with Crippen LogP contribution >= 0.6 is 0 Å². The first-order chi connectivity index (χ1) is 31.9. The molecule has 4 bridgehead atoms. The number of hydrogen-bond donors (Lipinski definition) is 0. The van der Waals surface area contributed by atoms with Gasteiger partial charge in [0.25, 0.3) is 0 Å². The third kappa shape index (κ3) is 23.7. The van der Waals surface area contributed by atoms with E-state index in [1.54, 1.807) is 0 Å². The molecule has 0 aromatic carbocycles. The fourth-order valence-corrected chi connectivity index (χ4v) is 9.52. The molecule has 4 aliphatic carbocycles. The molecule has 2 atom stereocenters. The van der Waals surface area contributed by atoms with Crippen molar-refractivity contribution in [2.75, 3.05) is 65.9 Å². The molecule has 0 amide bonds. The van der Waals surface area contributed by atoms with Crippen LogP contribution in [0.4, 0.5) is 4.79 Å². The Morgan fingerprint density at radius 3 is 1.52 bits per heavy atom. The molecule has 0 radical (unpaired) electrons. The Hall–Kier alpha value is -3.94. The van der Waals surface area contributed by atoms with Crippen LogP contribution in [0.15, 0.2) is 24.3 Å². The van der Waals surface area contributed by atoms with Crippen molar-refractivity contribution in [2.24, 2.45) is 28.6 Å². The smallest absolute Gasteiger partial charge is 0.466 e. The van der Waals surface area contributed by atoms with Crippen LogP contribution in [-0.4, -0.2) is 107 Å². The highest BCUT2D eigenvalue weighted by molar-refractivity contribution is 5.73. The van der Waals surface area contributed by atoms with Crippen molar-refractivity contribution in [1.29, 1.82) is 0 Å². The lowest BCUT2D eigenvalue weighted by Gasteiger charge is -2.44. The van der Waals surface area contributed by atoms with Crippen LogP contribution in [0.1, 0.15) is 175 Å². The summed E-state index contributed by atoms with van der Waals surface area (Å²) >= 11 is 0. The van der Waals surface area contributed by atoms with Crippen molar-refractivity contribution in [3.05, 3.63) is 24.3 Å². The van der Waals surface area contributed by atoms with Gasteiger partial charge in [-0.15, -0.1) is 0 Å². The molecule has 0 aliphatic heterocycles. The van der Waals surface area contributed by atoms with E-state index in [0.29, 0.717) is 31.5 Å². The number of rotatable bonds is 36. The Bertz CT molecular complexity index is 1440. The second-order valence-corrected chi connectivity index (χ2v) is 19.1. The number of nitrogens with zero attached hydrogens (tertiary/aromatic N) is 1. The second-order valence-electron chi connectivity index (χ2n) is 19.1. The van der Waals surface area contributed by atoms with Gasteiger partial charge in [0.15, 0.2) is 0 Å². The lowest BCUT2D eigenvalue weighted by molar-refractivity contribution is -0.167. The molecule has 14 heteroatoms. The average molecular weight is 932 g/mol. The van der Waals surface area contributed by atoms with Crippen LogP contribution in [0.2, 0.25) is 0 Å². The Morgan fingerprint density at radius 2 is 0.985 bits per heavy atom. The zero-order valence-electron chi connectivity index (χ0n) is 41.1. The molecule has 0 aromatic heterocycles. The Balaban J connectivity index is 1.65.